The summed E-state index contributed by atoms with van der Waals surface area (Å²) in [4.78, 5) is 23.0. The molecule has 0 atom stereocenters. The van der Waals surface area contributed by atoms with Crippen LogP contribution in [0.2, 0.25) is 0 Å². The molecular weight excluding hydrogens is 276 g/mol. The molecule has 0 unspecified atom stereocenters. The summed E-state index contributed by atoms with van der Waals surface area (Å²) in [5.74, 6) is -0.243. The van der Waals surface area contributed by atoms with Crippen molar-refractivity contribution in [2.45, 2.75) is 6.92 Å². The van der Waals surface area contributed by atoms with Crippen LogP contribution in [0.1, 0.15) is 15.2 Å². The summed E-state index contributed by atoms with van der Waals surface area (Å²) in [6, 6.07) is 5.27. The fraction of sp³-hybridized carbons (Fsp3) is 0.231. The molecule has 7 heteroatoms. The van der Waals surface area contributed by atoms with Gasteiger partial charge in [0.05, 0.1) is 5.69 Å². The number of hydrogen-bond donors (Lipinski definition) is 4. The Hall–Kier alpha value is -2.28. The molecule has 20 heavy (non-hydrogen) atoms. The highest BCUT2D eigenvalue weighted by atomic mass is 32.1. The molecule has 1 heterocycles. The fourth-order valence-electron chi connectivity index (χ4n) is 1.83. The van der Waals surface area contributed by atoms with E-state index in [1.807, 2.05) is 25.1 Å². The standard InChI is InChI=1S/C13H16N4O2S/c1-7-2-3-8-9(6-7)20-11(10(8)14)12(18)16-4-5-17-13(15)19/h2-3,6H,4-5,14H2,1H3,(H,16,18)(H3,15,17,19). The van der Waals surface area contributed by atoms with Crippen LogP contribution in [-0.4, -0.2) is 25.0 Å². The molecule has 0 aliphatic carbocycles. The van der Waals surface area contributed by atoms with Gasteiger partial charge in [-0.05, 0) is 18.6 Å². The number of nitrogens with two attached hydrogens (primary N) is 2. The summed E-state index contributed by atoms with van der Waals surface area (Å²) in [5.41, 5.74) is 12.5. The summed E-state index contributed by atoms with van der Waals surface area (Å²) in [7, 11) is 0. The van der Waals surface area contributed by atoms with Crippen molar-refractivity contribution in [3.63, 3.8) is 0 Å². The van der Waals surface area contributed by atoms with Gasteiger partial charge in [-0.25, -0.2) is 4.79 Å². The Balaban J connectivity index is 2.10. The number of nitrogen functional groups attached to an aromatic ring is 1. The third-order valence-corrected chi connectivity index (χ3v) is 3.97. The average Bonchev–Trinajstić information content (AvgIpc) is 2.71. The molecule has 106 valence electrons. The summed E-state index contributed by atoms with van der Waals surface area (Å²) < 4.78 is 0.989. The summed E-state index contributed by atoms with van der Waals surface area (Å²) in [6.07, 6.45) is 0. The molecule has 1 aromatic heterocycles. The van der Waals surface area contributed by atoms with Gasteiger partial charge in [0.25, 0.3) is 5.91 Å². The number of rotatable bonds is 4. The van der Waals surface area contributed by atoms with Crippen LogP contribution in [0.4, 0.5) is 10.5 Å². The summed E-state index contributed by atoms with van der Waals surface area (Å²) >= 11 is 1.36. The van der Waals surface area contributed by atoms with Crippen LogP contribution < -0.4 is 22.1 Å². The number of anilines is 1. The maximum absolute atomic E-state index is 12.0. The molecule has 3 amide bonds. The zero-order valence-electron chi connectivity index (χ0n) is 11.0. The number of hydrogen-bond acceptors (Lipinski definition) is 4. The number of benzene rings is 1. The van der Waals surface area contributed by atoms with Crippen molar-refractivity contribution < 1.29 is 9.59 Å². The highest BCUT2D eigenvalue weighted by molar-refractivity contribution is 7.21. The number of urea groups is 1. The number of aryl methyl sites for hydroxylation is 1. The van der Waals surface area contributed by atoms with Gasteiger partial charge < -0.3 is 22.1 Å². The fourth-order valence-corrected chi connectivity index (χ4v) is 2.97. The Morgan fingerprint density at radius 3 is 2.65 bits per heavy atom. The van der Waals surface area contributed by atoms with Crippen molar-refractivity contribution in [3.8, 4) is 0 Å². The van der Waals surface area contributed by atoms with Crippen molar-refractivity contribution in [3.05, 3.63) is 28.6 Å². The maximum Gasteiger partial charge on any atom is 0.312 e. The molecule has 0 saturated heterocycles. The molecule has 0 aliphatic heterocycles. The molecule has 0 radical (unpaired) electrons. The van der Waals surface area contributed by atoms with Gasteiger partial charge in [0.2, 0.25) is 0 Å². The number of nitrogens with one attached hydrogen (secondary N) is 2. The minimum atomic E-state index is -0.615. The lowest BCUT2D eigenvalue weighted by Crippen LogP contribution is -2.37. The molecular formula is C13H16N4O2S. The van der Waals surface area contributed by atoms with E-state index in [-0.39, 0.29) is 12.5 Å². The average molecular weight is 292 g/mol. The Bertz CT molecular complexity index is 666. The Labute approximate surface area is 120 Å². The molecule has 0 fully saturated rings. The molecule has 1 aromatic carbocycles. The van der Waals surface area contributed by atoms with Crippen LogP contribution in [0.3, 0.4) is 0 Å². The smallest absolute Gasteiger partial charge is 0.312 e. The predicted molar refractivity (Wildman–Crippen MR) is 80.9 cm³/mol. The molecule has 0 saturated carbocycles. The van der Waals surface area contributed by atoms with E-state index in [9.17, 15) is 9.59 Å². The van der Waals surface area contributed by atoms with E-state index in [2.05, 4.69) is 10.6 Å². The largest absolute Gasteiger partial charge is 0.397 e. The van der Waals surface area contributed by atoms with Crippen LogP contribution in [0.5, 0.6) is 0 Å². The van der Waals surface area contributed by atoms with Crippen molar-refractivity contribution in [2.75, 3.05) is 18.8 Å². The molecule has 0 aliphatic rings. The Morgan fingerprint density at radius 2 is 1.95 bits per heavy atom. The van der Waals surface area contributed by atoms with Gasteiger partial charge in [-0.1, -0.05) is 12.1 Å². The first kappa shape index (κ1) is 14.1. The first-order valence-corrected chi connectivity index (χ1v) is 6.91. The van der Waals surface area contributed by atoms with Crippen molar-refractivity contribution in [1.82, 2.24) is 10.6 Å². The van der Waals surface area contributed by atoms with Crippen molar-refractivity contribution >= 4 is 39.0 Å². The van der Waals surface area contributed by atoms with E-state index in [0.717, 1.165) is 15.6 Å². The van der Waals surface area contributed by atoms with E-state index < -0.39 is 6.03 Å². The number of fused-ring (bicyclic) bond motifs is 1. The van der Waals surface area contributed by atoms with Crippen LogP contribution in [0.25, 0.3) is 10.1 Å². The van der Waals surface area contributed by atoms with Gasteiger partial charge >= 0.3 is 6.03 Å². The normalized spacial score (nSPS) is 10.4. The van der Waals surface area contributed by atoms with E-state index >= 15 is 0 Å². The highest BCUT2D eigenvalue weighted by Gasteiger charge is 2.15. The SMILES string of the molecule is Cc1ccc2c(N)c(C(=O)NCCNC(N)=O)sc2c1. The Kier molecular flexibility index (Phi) is 4.09. The molecule has 0 spiro atoms. The summed E-state index contributed by atoms with van der Waals surface area (Å²) in [6.45, 7) is 2.57. The lowest BCUT2D eigenvalue weighted by atomic mass is 10.1. The maximum atomic E-state index is 12.0. The van der Waals surface area contributed by atoms with Gasteiger partial charge in [-0.3, -0.25) is 4.79 Å². The molecule has 6 nitrogen and oxygen atoms in total. The number of thiophene rings is 1. The molecule has 2 rings (SSSR count). The second kappa shape index (κ2) is 5.79. The van der Waals surface area contributed by atoms with Gasteiger partial charge in [0.15, 0.2) is 0 Å². The Morgan fingerprint density at radius 1 is 1.25 bits per heavy atom. The van der Waals surface area contributed by atoms with E-state index in [1.165, 1.54) is 11.3 Å². The first-order valence-electron chi connectivity index (χ1n) is 6.09. The van der Waals surface area contributed by atoms with E-state index in [4.69, 9.17) is 11.5 Å². The van der Waals surface area contributed by atoms with Gasteiger partial charge in [0, 0.05) is 23.2 Å². The third-order valence-electron chi connectivity index (χ3n) is 2.80. The van der Waals surface area contributed by atoms with Gasteiger partial charge in [-0.15, -0.1) is 11.3 Å². The van der Waals surface area contributed by atoms with E-state index in [1.54, 1.807) is 0 Å². The first-order chi connectivity index (χ1) is 9.49. The van der Waals surface area contributed by atoms with Crippen LogP contribution in [0.15, 0.2) is 18.2 Å². The lowest BCUT2D eigenvalue weighted by molar-refractivity contribution is 0.0959. The van der Waals surface area contributed by atoms with Crippen LogP contribution in [0, 0.1) is 6.92 Å². The predicted octanol–water partition coefficient (Wildman–Crippen LogP) is 1.19. The lowest BCUT2D eigenvalue weighted by Gasteiger charge is -2.04. The van der Waals surface area contributed by atoms with Crippen LogP contribution >= 0.6 is 11.3 Å². The second-order valence-electron chi connectivity index (χ2n) is 4.39. The van der Waals surface area contributed by atoms with Crippen LogP contribution in [-0.2, 0) is 0 Å². The molecule has 0 bridgehead atoms. The molecule has 2 aromatic rings. The van der Waals surface area contributed by atoms with Gasteiger partial charge in [0.1, 0.15) is 4.88 Å². The topological polar surface area (TPSA) is 110 Å². The van der Waals surface area contributed by atoms with Gasteiger partial charge in [-0.2, -0.15) is 0 Å². The zero-order chi connectivity index (χ0) is 14.7. The van der Waals surface area contributed by atoms with Crippen molar-refractivity contribution in [2.24, 2.45) is 5.73 Å². The number of carbonyl (C=O) groups excluding carboxylic acids is 2. The minimum absolute atomic E-state index is 0.243. The number of amides is 3. The minimum Gasteiger partial charge on any atom is -0.397 e. The number of primary amides is 1. The number of carbonyl (C=O) groups is 2. The highest BCUT2D eigenvalue weighted by Crippen LogP contribution is 2.33. The zero-order valence-corrected chi connectivity index (χ0v) is 11.8. The second-order valence-corrected chi connectivity index (χ2v) is 5.44. The quantitative estimate of drug-likeness (QED) is 0.635. The monoisotopic (exact) mass is 292 g/mol. The van der Waals surface area contributed by atoms with E-state index in [0.29, 0.717) is 17.1 Å². The summed E-state index contributed by atoms with van der Waals surface area (Å²) in [5, 5.41) is 5.98. The third kappa shape index (κ3) is 3.00. The van der Waals surface area contributed by atoms with Crippen molar-refractivity contribution in [1.29, 1.82) is 0 Å². The molecule has 6 N–H and O–H groups in total.